The van der Waals surface area contributed by atoms with E-state index in [1.807, 2.05) is 0 Å². The molecule has 0 saturated heterocycles. The molecule has 0 heterocycles. The zero-order valence-electron chi connectivity index (χ0n) is 15.9. The average Bonchev–Trinajstić information content (AvgIpc) is 2.42. The van der Waals surface area contributed by atoms with E-state index in [0.717, 1.165) is 0 Å². The molecule has 0 radical (unpaired) electrons. The summed E-state index contributed by atoms with van der Waals surface area (Å²) < 4.78 is 0. The van der Waals surface area contributed by atoms with Gasteiger partial charge in [-0.1, -0.05) is 0 Å². The Morgan fingerprint density at radius 2 is 0.364 bits per heavy atom. The first-order valence-corrected chi connectivity index (χ1v) is 5.30. The second-order valence-electron chi connectivity index (χ2n) is 3.03. The van der Waals surface area contributed by atoms with Gasteiger partial charge in [-0.05, 0) is 0 Å². The molecular formula is C12H26O19Sm2. The van der Waals surface area contributed by atoms with Gasteiger partial charge in [0.25, 0.3) is 0 Å². The van der Waals surface area contributed by atoms with Crippen LogP contribution in [0.4, 0.5) is 0 Å². The maximum Gasteiger partial charge on any atom is 0.328 e. The van der Waals surface area contributed by atoms with Crippen molar-refractivity contribution in [3.63, 3.8) is 0 Å². The van der Waals surface area contributed by atoms with Crippen molar-refractivity contribution in [2.75, 3.05) is 0 Å². The Hall–Kier alpha value is -1.56. The largest absolute Gasteiger partial charge is 0.478 e. The Bertz CT molecular complexity index is 454. The summed E-state index contributed by atoms with van der Waals surface area (Å²) in [5, 5.41) is 46.9. The van der Waals surface area contributed by atoms with Gasteiger partial charge in [0.2, 0.25) is 0 Å². The summed E-state index contributed by atoms with van der Waals surface area (Å²) in [5.74, 6) is -7.54. The smallest absolute Gasteiger partial charge is 0.328 e. The fraction of sp³-hybridized carbons (Fsp3) is 0. The van der Waals surface area contributed by atoms with Crippen LogP contribution in [0, 0.1) is 80.8 Å². The Kier molecular flexibility index (Phi) is 122. The van der Waals surface area contributed by atoms with Gasteiger partial charge in [0.1, 0.15) is 0 Å². The van der Waals surface area contributed by atoms with Gasteiger partial charge in [-0.25, -0.2) is 28.8 Å². The Balaban J connectivity index is -0.0000000176. The molecule has 200 valence electrons. The SMILES string of the molecule is O.O.O.O.O.O.O.O=C(O)/C=C/C(=O)O.O=C(O)/C=C/C(=O)O.O=C(O)/C=C/C(=O)O.[Sm].[Sm]. The van der Waals surface area contributed by atoms with E-state index in [9.17, 15) is 28.8 Å². The molecule has 0 aromatic carbocycles. The maximum atomic E-state index is 9.55. The summed E-state index contributed by atoms with van der Waals surface area (Å²) >= 11 is 0. The second kappa shape index (κ2) is 52.4. The fourth-order valence-electron chi connectivity index (χ4n) is 0.428. The zero-order chi connectivity index (χ0) is 19.7. The van der Waals surface area contributed by atoms with E-state index in [2.05, 4.69) is 0 Å². The average molecular weight is 775 g/mol. The summed E-state index contributed by atoms with van der Waals surface area (Å²) in [7, 11) is 0. The van der Waals surface area contributed by atoms with E-state index in [-0.39, 0.29) is 119 Å². The quantitative estimate of drug-likeness (QED) is 0.137. The molecule has 0 atom stereocenters. The summed E-state index contributed by atoms with van der Waals surface area (Å²) in [6.45, 7) is 0. The van der Waals surface area contributed by atoms with Crippen molar-refractivity contribution in [2.24, 2.45) is 0 Å². The van der Waals surface area contributed by atoms with Crippen molar-refractivity contribution >= 4 is 35.8 Å². The van der Waals surface area contributed by atoms with Gasteiger partial charge in [-0.2, -0.15) is 0 Å². The van der Waals surface area contributed by atoms with Crippen molar-refractivity contribution in [1.29, 1.82) is 0 Å². The number of rotatable bonds is 6. The predicted octanol–water partition coefficient (Wildman–Crippen LogP) is -6.64. The molecule has 0 aliphatic carbocycles. The van der Waals surface area contributed by atoms with Gasteiger partial charge < -0.3 is 69.0 Å². The molecule has 0 amide bonds. The number of carbonyl (C=O) groups is 6. The number of hydrogen-bond donors (Lipinski definition) is 6. The van der Waals surface area contributed by atoms with Crippen LogP contribution in [0.2, 0.25) is 0 Å². The third-order valence-electron chi connectivity index (χ3n) is 1.11. The van der Waals surface area contributed by atoms with Crippen LogP contribution < -0.4 is 0 Å². The third-order valence-corrected chi connectivity index (χ3v) is 1.11. The molecule has 0 aliphatic heterocycles. The van der Waals surface area contributed by atoms with Gasteiger partial charge in [0.05, 0.1) is 0 Å². The van der Waals surface area contributed by atoms with E-state index in [0.29, 0.717) is 36.5 Å². The summed E-state index contributed by atoms with van der Waals surface area (Å²) in [4.78, 5) is 57.3. The van der Waals surface area contributed by atoms with Crippen LogP contribution in [-0.4, -0.2) is 105 Å². The molecule has 0 rings (SSSR count). The topological polar surface area (TPSA) is 444 Å². The van der Waals surface area contributed by atoms with E-state index in [4.69, 9.17) is 30.6 Å². The third kappa shape index (κ3) is 136. The van der Waals surface area contributed by atoms with E-state index in [1.54, 1.807) is 0 Å². The minimum absolute atomic E-state index is 0. The van der Waals surface area contributed by atoms with Crippen LogP contribution in [0.25, 0.3) is 0 Å². The molecule has 0 bridgehead atoms. The van der Waals surface area contributed by atoms with Crippen LogP contribution in [0.15, 0.2) is 36.5 Å². The number of aliphatic carboxylic acids is 6. The number of carboxylic acid groups (broad SMARTS) is 6. The Morgan fingerprint density at radius 1 is 0.303 bits per heavy atom. The molecular weight excluding hydrogens is 749 g/mol. The monoisotopic (exact) mass is 778 g/mol. The number of carboxylic acids is 6. The van der Waals surface area contributed by atoms with Crippen molar-refractivity contribution in [3.8, 4) is 0 Å². The predicted molar refractivity (Wildman–Crippen MR) is 98.5 cm³/mol. The van der Waals surface area contributed by atoms with Gasteiger partial charge in [0, 0.05) is 117 Å². The first kappa shape index (κ1) is 77.1. The fourth-order valence-corrected chi connectivity index (χ4v) is 0.428. The minimum atomic E-state index is -1.26. The van der Waals surface area contributed by atoms with Gasteiger partial charge in [-0.3, -0.25) is 0 Å². The van der Waals surface area contributed by atoms with E-state index < -0.39 is 35.8 Å². The molecule has 0 aromatic rings. The van der Waals surface area contributed by atoms with Gasteiger partial charge >= 0.3 is 35.8 Å². The molecule has 20 N–H and O–H groups in total. The number of hydrogen-bond acceptors (Lipinski definition) is 6. The van der Waals surface area contributed by atoms with Crippen molar-refractivity contribution in [1.82, 2.24) is 0 Å². The van der Waals surface area contributed by atoms with Crippen molar-refractivity contribution < 1.29 is 179 Å². The van der Waals surface area contributed by atoms with Crippen molar-refractivity contribution in [2.45, 2.75) is 0 Å². The Morgan fingerprint density at radius 3 is 0.394 bits per heavy atom. The normalized spacial score (nSPS) is 6.91. The first-order chi connectivity index (χ1) is 10.9. The van der Waals surface area contributed by atoms with Crippen LogP contribution in [0.1, 0.15) is 0 Å². The molecule has 19 nitrogen and oxygen atoms in total. The Labute approximate surface area is 248 Å². The molecule has 0 aromatic heterocycles. The van der Waals surface area contributed by atoms with Gasteiger partial charge in [0.15, 0.2) is 0 Å². The second-order valence-corrected chi connectivity index (χ2v) is 3.03. The zero-order valence-corrected chi connectivity index (χ0v) is 21.2. The summed E-state index contributed by atoms with van der Waals surface area (Å²) in [6, 6.07) is 0. The molecule has 0 aliphatic rings. The molecule has 0 unspecified atom stereocenters. The van der Waals surface area contributed by atoms with Crippen LogP contribution in [0.5, 0.6) is 0 Å². The van der Waals surface area contributed by atoms with E-state index in [1.165, 1.54) is 0 Å². The molecule has 0 spiro atoms. The first-order valence-electron chi connectivity index (χ1n) is 5.30. The summed E-state index contributed by atoms with van der Waals surface area (Å²) in [6.07, 6.45) is 3.35. The molecule has 0 fully saturated rings. The van der Waals surface area contributed by atoms with E-state index >= 15 is 0 Å². The van der Waals surface area contributed by atoms with Gasteiger partial charge in [-0.15, -0.1) is 0 Å². The molecule has 33 heavy (non-hydrogen) atoms. The summed E-state index contributed by atoms with van der Waals surface area (Å²) in [5.41, 5.74) is 0. The van der Waals surface area contributed by atoms with Crippen molar-refractivity contribution in [3.05, 3.63) is 36.5 Å². The minimum Gasteiger partial charge on any atom is -0.478 e. The van der Waals surface area contributed by atoms with Crippen LogP contribution >= 0.6 is 0 Å². The molecule has 0 saturated carbocycles. The van der Waals surface area contributed by atoms with Crippen LogP contribution in [-0.2, 0) is 28.8 Å². The maximum absolute atomic E-state index is 9.55. The van der Waals surface area contributed by atoms with Crippen LogP contribution in [0.3, 0.4) is 0 Å². The molecule has 21 heteroatoms. The standard InChI is InChI=1S/3C4H4O4.7H2O.2Sm/c3*5-3(6)1-2-4(7)8;;;;;;;;;/h3*1-2H,(H,5,6)(H,7,8);7*1H2;;/b3*2-1+;;;;;;;;;.